The monoisotopic (exact) mass is 291 g/mol. The van der Waals surface area contributed by atoms with Crippen molar-refractivity contribution in [3.8, 4) is 0 Å². The van der Waals surface area contributed by atoms with Crippen molar-refractivity contribution in [2.75, 3.05) is 0 Å². The Kier molecular flexibility index (Phi) is 2.83. The second kappa shape index (κ2) is 4.44. The molecule has 2 aromatic rings. The van der Waals surface area contributed by atoms with Crippen molar-refractivity contribution >= 4 is 17.2 Å². The number of hydrogen-bond acceptors (Lipinski definition) is 2. The molecule has 1 heterocycles. The number of nitrogens with zero attached hydrogens (tertiary/aromatic N) is 1. The van der Waals surface area contributed by atoms with Crippen molar-refractivity contribution in [2.45, 2.75) is 6.18 Å². The number of Topliss-reactive ketones (excluding diaryl/α,β-unsaturated/α-hetero) is 1. The summed E-state index contributed by atoms with van der Waals surface area (Å²) in [5.74, 6) is -0.486. The number of para-hydroxylation sites is 1. The molecule has 0 N–H and O–H groups in total. The highest BCUT2D eigenvalue weighted by Crippen LogP contribution is 2.31. The zero-order chi connectivity index (χ0) is 15.2. The Bertz CT molecular complexity index is 761. The Balaban J connectivity index is 2.07. The van der Waals surface area contributed by atoms with E-state index < -0.39 is 17.5 Å². The van der Waals surface area contributed by atoms with Crippen LogP contribution in [0.3, 0.4) is 0 Å². The molecule has 0 saturated carbocycles. The van der Waals surface area contributed by atoms with Crippen molar-refractivity contribution in [3.05, 3.63) is 70.4 Å². The van der Waals surface area contributed by atoms with Crippen LogP contribution in [0, 0.1) is 5.21 Å². The van der Waals surface area contributed by atoms with Gasteiger partial charge in [-0.1, -0.05) is 12.1 Å². The van der Waals surface area contributed by atoms with Gasteiger partial charge in [0, 0.05) is 6.07 Å². The third-order valence-corrected chi connectivity index (χ3v) is 3.27. The van der Waals surface area contributed by atoms with E-state index >= 15 is 0 Å². The predicted molar refractivity (Wildman–Crippen MR) is 69.6 cm³/mol. The van der Waals surface area contributed by atoms with Gasteiger partial charge in [-0.2, -0.15) is 17.9 Å². The van der Waals surface area contributed by atoms with Crippen molar-refractivity contribution < 1.29 is 22.7 Å². The fourth-order valence-electron chi connectivity index (χ4n) is 2.25. The largest absolute Gasteiger partial charge is 0.618 e. The normalized spacial score (nSPS) is 14.5. The third kappa shape index (κ3) is 2.08. The molecule has 106 valence electrons. The van der Waals surface area contributed by atoms with E-state index in [9.17, 15) is 23.2 Å². The first-order chi connectivity index (χ1) is 9.89. The van der Waals surface area contributed by atoms with Gasteiger partial charge in [-0.25, -0.2) is 0 Å². The molecule has 1 aliphatic heterocycles. The van der Waals surface area contributed by atoms with Crippen LogP contribution in [0.2, 0.25) is 0 Å². The number of rotatable bonds is 1. The quantitative estimate of drug-likeness (QED) is 0.596. The van der Waals surface area contributed by atoms with E-state index in [4.69, 9.17) is 0 Å². The molecule has 0 radical (unpaired) electrons. The smallest absolute Gasteiger partial charge is 0.416 e. The summed E-state index contributed by atoms with van der Waals surface area (Å²) < 4.78 is 38.0. The van der Waals surface area contributed by atoms with Gasteiger partial charge in [0.2, 0.25) is 5.69 Å². The van der Waals surface area contributed by atoms with E-state index in [2.05, 4.69) is 0 Å². The van der Waals surface area contributed by atoms with Crippen LogP contribution in [-0.2, 0) is 6.18 Å². The van der Waals surface area contributed by atoms with Crippen molar-refractivity contribution in [1.29, 1.82) is 0 Å². The van der Waals surface area contributed by atoms with Crippen LogP contribution >= 0.6 is 0 Å². The number of benzene rings is 2. The minimum absolute atomic E-state index is 0.162. The van der Waals surface area contributed by atoms with E-state index in [1.54, 1.807) is 12.1 Å². The summed E-state index contributed by atoms with van der Waals surface area (Å²) in [6.07, 6.45) is -4.46. The van der Waals surface area contributed by atoms with Gasteiger partial charge >= 0.3 is 6.18 Å². The van der Waals surface area contributed by atoms with E-state index in [1.165, 1.54) is 12.1 Å². The summed E-state index contributed by atoms with van der Waals surface area (Å²) in [4.78, 5) is 12.2. The fraction of sp³-hybridized carbons (Fsp3) is 0.0667. The summed E-state index contributed by atoms with van der Waals surface area (Å²) in [5.41, 5.74) is -0.365. The fourth-order valence-corrected chi connectivity index (χ4v) is 2.25. The summed E-state index contributed by atoms with van der Waals surface area (Å²) in [5, 5.41) is 12.1. The van der Waals surface area contributed by atoms with Gasteiger partial charge in [-0.3, -0.25) is 4.79 Å². The minimum Gasteiger partial charge on any atom is -0.618 e. The van der Waals surface area contributed by atoms with Gasteiger partial charge in [-0.15, -0.1) is 0 Å². The van der Waals surface area contributed by atoms with E-state index in [1.807, 2.05) is 0 Å². The zero-order valence-corrected chi connectivity index (χ0v) is 10.5. The second-order valence-electron chi connectivity index (χ2n) is 4.56. The zero-order valence-electron chi connectivity index (χ0n) is 10.5. The number of alkyl halides is 3. The van der Waals surface area contributed by atoms with E-state index in [-0.39, 0.29) is 22.5 Å². The number of ketones is 1. The molecule has 3 rings (SSSR count). The predicted octanol–water partition coefficient (Wildman–Crippen LogP) is 3.53. The summed E-state index contributed by atoms with van der Waals surface area (Å²) in [6, 6.07) is 10.2. The molecule has 0 bridgehead atoms. The van der Waals surface area contributed by atoms with Crippen LogP contribution in [-0.4, -0.2) is 16.2 Å². The molecule has 1 aliphatic rings. The van der Waals surface area contributed by atoms with Crippen LogP contribution < -0.4 is 0 Å². The van der Waals surface area contributed by atoms with Gasteiger partial charge in [0.05, 0.1) is 11.1 Å². The van der Waals surface area contributed by atoms with E-state index in [0.717, 1.165) is 24.3 Å². The molecular weight excluding hydrogens is 283 g/mol. The molecule has 0 amide bonds. The molecule has 0 aliphatic carbocycles. The summed E-state index contributed by atoms with van der Waals surface area (Å²) >= 11 is 0. The molecule has 6 heteroatoms. The van der Waals surface area contributed by atoms with Crippen molar-refractivity contribution in [1.82, 2.24) is 0 Å². The Labute approximate surface area is 117 Å². The molecule has 3 nitrogen and oxygen atoms in total. The van der Waals surface area contributed by atoms with Crippen LogP contribution in [0.1, 0.15) is 21.5 Å². The molecule has 0 aromatic heterocycles. The lowest BCUT2D eigenvalue weighted by molar-refractivity contribution is -0.355. The van der Waals surface area contributed by atoms with Gasteiger partial charge in [0.25, 0.3) is 11.5 Å². The first-order valence-electron chi connectivity index (χ1n) is 6.05. The average molecular weight is 291 g/mol. The lowest BCUT2D eigenvalue weighted by atomic mass is 10.0. The lowest BCUT2D eigenvalue weighted by Gasteiger charge is -2.07. The molecule has 21 heavy (non-hydrogen) atoms. The molecule has 2 aromatic carbocycles. The van der Waals surface area contributed by atoms with Gasteiger partial charge in [-0.05, 0) is 30.3 Å². The maximum absolute atomic E-state index is 12.5. The molecule has 0 fully saturated rings. The number of carbonyl (C=O) groups is 1. The van der Waals surface area contributed by atoms with Gasteiger partial charge in [0.1, 0.15) is 5.56 Å². The molecule has 0 unspecified atom stereocenters. The summed E-state index contributed by atoms with van der Waals surface area (Å²) in [6.45, 7) is 0. The highest BCUT2D eigenvalue weighted by Gasteiger charge is 2.37. The van der Waals surface area contributed by atoms with Crippen LogP contribution in [0.15, 0.2) is 48.5 Å². The number of halogens is 3. The maximum atomic E-state index is 12.5. The van der Waals surface area contributed by atoms with Gasteiger partial charge in [0.15, 0.2) is 0 Å². The molecule has 0 atom stereocenters. The first-order valence-corrected chi connectivity index (χ1v) is 6.05. The van der Waals surface area contributed by atoms with Crippen LogP contribution in [0.25, 0.3) is 0 Å². The Morgan fingerprint density at radius 1 is 0.952 bits per heavy atom. The van der Waals surface area contributed by atoms with Gasteiger partial charge < -0.3 is 5.21 Å². The first kappa shape index (κ1) is 13.4. The SMILES string of the molecule is O=C1C(c2ccc(C(F)(F)F)cc2)=[N+]([O-])c2ccccc21. The molecular formula is C15H8F3NO2. The molecule has 0 saturated heterocycles. The Morgan fingerprint density at radius 2 is 1.57 bits per heavy atom. The van der Waals surface area contributed by atoms with Crippen molar-refractivity contribution in [2.24, 2.45) is 0 Å². The standard InChI is InChI=1S/C15H8F3NO2/c16-15(17,18)10-7-5-9(6-8-10)13-14(20)11-3-1-2-4-12(11)19(13)21/h1-8H. The third-order valence-electron chi connectivity index (χ3n) is 3.27. The van der Waals surface area contributed by atoms with Crippen molar-refractivity contribution in [3.63, 3.8) is 0 Å². The number of carbonyl (C=O) groups excluding carboxylic acids is 1. The average Bonchev–Trinajstić information content (AvgIpc) is 2.71. The second-order valence-corrected chi connectivity index (χ2v) is 4.56. The number of hydrogen-bond donors (Lipinski definition) is 0. The topological polar surface area (TPSA) is 43.1 Å². The Hall–Kier alpha value is -2.63. The highest BCUT2D eigenvalue weighted by molar-refractivity contribution is 6.52. The summed E-state index contributed by atoms with van der Waals surface area (Å²) in [7, 11) is 0. The molecule has 0 spiro atoms. The maximum Gasteiger partial charge on any atom is 0.416 e. The van der Waals surface area contributed by atoms with E-state index in [0.29, 0.717) is 4.74 Å². The Morgan fingerprint density at radius 3 is 2.14 bits per heavy atom. The minimum atomic E-state index is -4.46. The van der Waals surface area contributed by atoms with Crippen LogP contribution in [0.5, 0.6) is 0 Å². The lowest BCUT2D eigenvalue weighted by Crippen LogP contribution is -2.17. The van der Waals surface area contributed by atoms with Crippen LogP contribution in [0.4, 0.5) is 18.9 Å². The highest BCUT2D eigenvalue weighted by atomic mass is 19.4. The number of fused-ring (bicyclic) bond motifs is 1.